The number of carbonyl (C=O) groups excluding carboxylic acids is 1. The topological polar surface area (TPSA) is 47.6 Å². The lowest BCUT2D eigenvalue weighted by Crippen LogP contribution is -2.12. The van der Waals surface area contributed by atoms with Gasteiger partial charge in [-0.05, 0) is 17.7 Å². The molecule has 2 rings (SSSR count). The summed E-state index contributed by atoms with van der Waals surface area (Å²) in [7, 11) is 1.61. The maximum absolute atomic E-state index is 10.8. The average molecular weight is 193 g/mol. The summed E-state index contributed by atoms with van der Waals surface area (Å²) in [6.45, 7) is 0.520. The van der Waals surface area contributed by atoms with E-state index >= 15 is 0 Å². The van der Waals surface area contributed by atoms with Crippen molar-refractivity contribution in [2.24, 2.45) is 0 Å². The number of amides is 1. The minimum Gasteiger partial charge on any atom is -0.497 e. The SMILES string of the molecule is COc1cccc([C@@H]2CNC(=O)O2)c1. The maximum Gasteiger partial charge on any atom is 0.407 e. The smallest absolute Gasteiger partial charge is 0.407 e. The van der Waals surface area contributed by atoms with Gasteiger partial charge < -0.3 is 14.8 Å². The highest BCUT2D eigenvalue weighted by Crippen LogP contribution is 2.23. The summed E-state index contributed by atoms with van der Waals surface area (Å²) in [5.74, 6) is 0.769. The molecule has 74 valence electrons. The second-order valence-corrected chi connectivity index (χ2v) is 3.05. The molecule has 1 aliphatic heterocycles. The number of cyclic esters (lactones) is 1. The van der Waals surface area contributed by atoms with E-state index in [0.717, 1.165) is 11.3 Å². The van der Waals surface area contributed by atoms with Crippen molar-refractivity contribution < 1.29 is 14.3 Å². The van der Waals surface area contributed by atoms with E-state index in [2.05, 4.69) is 5.32 Å². The van der Waals surface area contributed by atoms with Crippen LogP contribution in [0.3, 0.4) is 0 Å². The fourth-order valence-electron chi connectivity index (χ4n) is 1.42. The third-order valence-corrected chi connectivity index (χ3v) is 2.15. The van der Waals surface area contributed by atoms with Crippen molar-refractivity contribution in [3.05, 3.63) is 29.8 Å². The standard InChI is InChI=1S/C10H11NO3/c1-13-8-4-2-3-7(5-8)9-6-11-10(12)14-9/h2-5,9H,6H2,1H3,(H,11,12)/t9-/m0/s1. The number of benzene rings is 1. The van der Waals surface area contributed by atoms with Crippen LogP contribution in [0.15, 0.2) is 24.3 Å². The number of nitrogens with one attached hydrogen (secondary N) is 1. The zero-order chi connectivity index (χ0) is 9.97. The summed E-state index contributed by atoms with van der Waals surface area (Å²) in [5, 5.41) is 2.60. The van der Waals surface area contributed by atoms with Crippen LogP contribution < -0.4 is 10.1 Å². The molecule has 1 fully saturated rings. The Bertz CT molecular complexity index is 351. The van der Waals surface area contributed by atoms with Gasteiger partial charge in [0, 0.05) is 0 Å². The molecule has 0 bridgehead atoms. The lowest BCUT2D eigenvalue weighted by atomic mass is 10.1. The fourth-order valence-corrected chi connectivity index (χ4v) is 1.42. The zero-order valence-electron chi connectivity index (χ0n) is 7.82. The van der Waals surface area contributed by atoms with Gasteiger partial charge in [-0.2, -0.15) is 0 Å². The summed E-state index contributed by atoms with van der Waals surface area (Å²) >= 11 is 0. The van der Waals surface area contributed by atoms with Crippen LogP contribution in [0.1, 0.15) is 11.7 Å². The first-order valence-electron chi connectivity index (χ1n) is 4.38. The molecule has 1 aromatic carbocycles. The Morgan fingerprint density at radius 2 is 2.43 bits per heavy atom. The molecule has 14 heavy (non-hydrogen) atoms. The Kier molecular flexibility index (Phi) is 2.26. The molecule has 4 heteroatoms. The number of rotatable bonds is 2. The van der Waals surface area contributed by atoms with E-state index in [1.165, 1.54) is 0 Å². The van der Waals surface area contributed by atoms with Crippen molar-refractivity contribution in [2.45, 2.75) is 6.10 Å². The molecule has 0 saturated carbocycles. The summed E-state index contributed by atoms with van der Waals surface area (Å²) in [4.78, 5) is 10.8. The Morgan fingerprint density at radius 3 is 3.07 bits per heavy atom. The molecule has 1 aromatic rings. The first-order valence-corrected chi connectivity index (χ1v) is 4.38. The Hall–Kier alpha value is -1.71. The van der Waals surface area contributed by atoms with Gasteiger partial charge in [-0.3, -0.25) is 0 Å². The van der Waals surface area contributed by atoms with E-state index in [1.807, 2.05) is 24.3 Å². The number of hydrogen-bond donors (Lipinski definition) is 1. The lowest BCUT2D eigenvalue weighted by Gasteiger charge is -2.08. The Morgan fingerprint density at radius 1 is 1.57 bits per heavy atom. The largest absolute Gasteiger partial charge is 0.497 e. The van der Waals surface area contributed by atoms with Crippen LogP contribution in [-0.2, 0) is 4.74 Å². The zero-order valence-corrected chi connectivity index (χ0v) is 7.82. The Balaban J connectivity index is 2.19. The highest BCUT2D eigenvalue weighted by molar-refractivity contribution is 5.69. The average Bonchev–Trinajstić information content (AvgIpc) is 2.65. The number of ether oxygens (including phenoxy) is 2. The van der Waals surface area contributed by atoms with E-state index in [1.54, 1.807) is 7.11 Å². The van der Waals surface area contributed by atoms with Gasteiger partial charge in [0.2, 0.25) is 0 Å². The van der Waals surface area contributed by atoms with Crippen molar-refractivity contribution in [2.75, 3.05) is 13.7 Å². The first kappa shape index (κ1) is 8.87. The van der Waals surface area contributed by atoms with E-state index < -0.39 is 0 Å². The molecule has 4 nitrogen and oxygen atoms in total. The van der Waals surface area contributed by atoms with Crippen molar-refractivity contribution in [1.29, 1.82) is 0 Å². The molecule has 1 saturated heterocycles. The van der Waals surface area contributed by atoms with Crippen molar-refractivity contribution in [3.63, 3.8) is 0 Å². The molecule has 0 radical (unpaired) electrons. The fraction of sp³-hybridized carbons (Fsp3) is 0.300. The van der Waals surface area contributed by atoms with Gasteiger partial charge in [0.1, 0.15) is 11.9 Å². The normalized spacial score (nSPS) is 20.1. The minimum absolute atomic E-state index is 0.197. The minimum atomic E-state index is -0.363. The molecule has 1 N–H and O–H groups in total. The predicted octanol–water partition coefficient (Wildman–Crippen LogP) is 1.48. The third-order valence-electron chi connectivity index (χ3n) is 2.15. The van der Waals surface area contributed by atoms with Crippen LogP contribution in [0.5, 0.6) is 5.75 Å². The van der Waals surface area contributed by atoms with Gasteiger partial charge in [0.25, 0.3) is 0 Å². The van der Waals surface area contributed by atoms with Crippen LogP contribution in [0.2, 0.25) is 0 Å². The van der Waals surface area contributed by atoms with Gasteiger partial charge in [0.05, 0.1) is 13.7 Å². The van der Waals surface area contributed by atoms with Crippen molar-refractivity contribution in [3.8, 4) is 5.75 Å². The van der Waals surface area contributed by atoms with Crippen LogP contribution >= 0.6 is 0 Å². The molecule has 1 aliphatic rings. The highest BCUT2D eigenvalue weighted by Gasteiger charge is 2.24. The molecule has 0 unspecified atom stereocenters. The number of methoxy groups -OCH3 is 1. The first-order chi connectivity index (χ1) is 6.79. The van der Waals surface area contributed by atoms with Crippen LogP contribution in [0, 0.1) is 0 Å². The molecular weight excluding hydrogens is 182 g/mol. The number of hydrogen-bond acceptors (Lipinski definition) is 3. The monoisotopic (exact) mass is 193 g/mol. The molecular formula is C10H11NO3. The molecule has 0 aromatic heterocycles. The van der Waals surface area contributed by atoms with Crippen LogP contribution in [0.4, 0.5) is 4.79 Å². The maximum atomic E-state index is 10.8. The van der Waals surface area contributed by atoms with E-state index in [9.17, 15) is 4.79 Å². The quantitative estimate of drug-likeness (QED) is 0.773. The summed E-state index contributed by atoms with van der Waals surface area (Å²) in [6, 6.07) is 7.51. The molecule has 1 atom stereocenters. The Labute approximate surface area is 81.8 Å². The van der Waals surface area contributed by atoms with Gasteiger partial charge >= 0.3 is 6.09 Å². The van der Waals surface area contributed by atoms with Crippen molar-refractivity contribution >= 4 is 6.09 Å². The molecule has 1 heterocycles. The molecule has 1 amide bonds. The molecule has 0 spiro atoms. The molecule has 0 aliphatic carbocycles. The number of alkyl carbamates (subject to hydrolysis) is 1. The van der Waals surface area contributed by atoms with Gasteiger partial charge in [-0.25, -0.2) is 4.79 Å². The van der Waals surface area contributed by atoms with Gasteiger partial charge in [0.15, 0.2) is 0 Å². The van der Waals surface area contributed by atoms with Crippen LogP contribution in [-0.4, -0.2) is 19.7 Å². The van der Waals surface area contributed by atoms with Crippen LogP contribution in [0.25, 0.3) is 0 Å². The van der Waals surface area contributed by atoms with Crippen molar-refractivity contribution in [1.82, 2.24) is 5.32 Å². The third kappa shape index (κ3) is 1.64. The second-order valence-electron chi connectivity index (χ2n) is 3.05. The van der Waals surface area contributed by atoms with Gasteiger partial charge in [-0.15, -0.1) is 0 Å². The van der Waals surface area contributed by atoms with E-state index in [-0.39, 0.29) is 12.2 Å². The highest BCUT2D eigenvalue weighted by atomic mass is 16.6. The lowest BCUT2D eigenvalue weighted by molar-refractivity contribution is 0.141. The summed E-state index contributed by atoms with van der Waals surface area (Å²) in [6.07, 6.45) is -0.560. The second kappa shape index (κ2) is 3.57. The van der Waals surface area contributed by atoms with E-state index in [4.69, 9.17) is 9.47 Å². The number of carbonyl (C=O) groups is 1. The summed E-state index contributed by atoms with van der Waals surface area (Å²) in [5.41, 5.74) is 0.947. The predicted molar refractivity (Wildman–Crippen MR) is 50.2 cm³/mol. The summed E-state index contributed by atoms with van der Waals surface area (Å²) < 4.78 is 10.1. The van der Waals surface area contributed by atoms with E-state index in [0.29, 0.717) is 6.54 Å². The van der Waals surface area contributed by atoms with Gasteiger partial charge in [-0.1, -0.05) is 12.1 Å².